The predicted molar refractivity (Wildman–Crippen MR) is 114 cm³/mol. The van der Waals surface area contributed by atoms with Crippen LogP contribution >= 0.6 is 0 Å². The lowest BCUT2D eigenvalue weighted by Gasteiger charge is -2.32. The van der Waals surface area contributed by atoms with E-state index in [1.807, 2.05) is 58.9 Å². The highest BCUT2D eigenvalue weighted by Gasteiger charge is 2.30. The van der Waals surface area contributed by atoms with Crippen molar-refractivity contribution < 1.29 is 14.3 Å². The van der Waals surface area contributed by atoms with Gasteiger partial charge in [0.15, 0.2) is 5.96 Å². The maximum Gasteiger partial charge on any atom is 0.408 e. The fraction of sp³-hybridized carbons (Fsp3) is 0.619. The minimum atomic E-state index is -0.539. The van der Waals surface area contributed by atoms with Gasteiger partial charge in [0, 0.05) is 6.54 Å². The molecule has 1 amide bonds. The van der Waals surface area contributed by atoms with E-state index in [2.05, 4.69) is 15.6 Å². The van der Waals surface area contributed by atoms with Crippen LogP contribution in [-0.2, 0) is 11.2 Å². The zero-order chi connectivity index (χ0) is 21.2. The molecule has 7 heteroatoms. The summed E-state index contributed by atoms with van der Waals surface area (Å²) >= 11 is 0. The molecule has 0 aliphatic heterocycles. The summed E-state index contributed by atoms with van der Waals surface area (Å²) < 4.78 is 10.5. The first-order chi connectivity index (χ1) is 13.1. The van der Waals surface area contributed by atoms with Crippen LogP contribution in [0.2, 0.25) is 0 Å². The Balaban J connectivity index is 2.56. The summed E-state index contributed by atoms with van der Waals surface area (Å²) in [6, 6.07) is 7.92. The zero-order valence-electron chi connectivity index (χ0n) is 18.1. The van der Waals surface area contributed by atoms with Crippen molar-refractivity contribution in [3.05, 3.63) is 29.8 Å². The van der Waals surface area contributed by atoms with E-state index in [-0.39, 0.29) is 0 Å². The number of methoxy groups -OCH3 is 1. The highest BCUT2D eigenvalue weighted by Crippen LogP contribution is 2.17. The van der Waals surface area contributed by atoms with Gasteiger partial charge in [-0.05, 0) is 57.7 Å². The number of carbonyl (C=O) groups excluding carboxylic acids is 1. The van der Waals surface area contributed by atoms with E-state index < -0.39 is 17.2 Å². The summed E-state index contributed by atoms with van der Waals surface area (Å²) in [7, 11) is 1.65. The van der Waals surface area contributed by atoms with Crippen LogP contribution in [0.1, 0.15) is 53.0 Å². The topological polar surface area (TPSA) is 98.0 Å². The second kappa shape index (κ2) is 10.8. The molecule has 0 aliphatic carbocycles. The Bertz CT molecular complexity index is 632. The summed E-state index contributed by atoms with van der Waals surface area (Å²) in [6.45, 7) is 10.6. The van der Waals surface area contributed by atoms with Gasteiger partial charge in [0.25, 0.3) is 0 Å². The van der Waals surface area contributed by atoms with Crippen LogP contribution < -0.4 is 21.1 Å². The van der Waals surface area contributed by atoms with Gasteiger partial charge in [0.1, 0.15) is 11.4 Å². The summed E-state index contributed by atoms with van der Waals surface area (Å²) in [6.07, 6.45) is 1.84. The summed E-state index contributed by atoms with van der Waals surface area (Å²) in [5, 5.41) is 6.10. The van der Waals surface area contributed by atoms with E-state index in [4.69, 9.17) is 15.2 Å². The second-order valence-electron chi connectivity index (χ2n) is 7.84. The van der Waals surface area contributed by atoms with E-state index in [0.29, 0.717) is 19.0 Å². The van der Waals surface area contributed by atoms with Gasteiger partial charge >= 0.3 is 6.09 Å². The first-order valence-electron chi connectivity index (χ1n) is 9.81. The smallest absolute Gasteiger partial charge is 0.408 e. The number of aliphatic imine (C=N–C) groups is 1. The Morgan fingerprint density at radius 2 is 1.75 bits per heavy atom. The number of ether oxygens (including phenoxy) is 2. The van der Waals surface area contributed by atoms with Gasteiger partial charge in [-0.2, -0.15) is 0 Å². The molecule has 0 saturated heterocycles. The molecule has 1 aromatic carbocycles. The lowest BCUT2D eigenvalue weighted by Crippen LogP contribution is -2.52. The summed E-state index contributed by atoms with van der Waals surface area (Å²) in [5.74, 6) is 1.21. The number of carbonyl (C=O) groups is 1. The highest BCUT2D eigenvalue weighted by molar-refractivity contribution is 5.78. The van der Waals surface area contributed by atoms with Gasteiger partial charge < -0.3 is 25.8 Å². The molecule has 0 unspecified atom stereocenters. The number of alkyl carbamates (subject to hydrolysis) is 1. The molecule has 0 aliphatic rings. The van der Waals surface area contributed by atoms with E-state index in [1.54, 1.807) is 7.11 Å². The summed E-state index contributed by atoms with van der Waals surface area (Å²) in [4.78, 5) is 16.6. The average molecular weight is 393 g/mol. The molecule has 4 N–H and O–H groups in total. The van der Waals surface area contributed by atoms with Crippen molar-refractivity contribution in [1.29, 1.82) is 0 Å². The maximum absolute atomic E-state index is 12.2. The quantitative estimate of drug-likeness (QED) is 0.443. The SMILES string of the molecule is CCC(CC)(CN=C(N)NCCc1ccc(OC)cc1)NC(=O)OC(C)(C)C. The van der Waals surface area contributed by atoms with Crippen LogP contribution in [0.5, 0.6) is 5.75 Å². The van der Waals surface area contributed by atoms with Gasteiger partial charge in [0.05, 0.1) is 19.2 Å². The molecule has 0 fully saturated rings. The van der Waals surface area contributed by atoms with Gasteiger partial charge in [-0.3, -0.25) is 4.99 Å². The van der Waals surface area contributed by atoms with E-state index in [9.17, 15) is 4.79 Å². The van der Waals surface area contributed by atoms with Crippen LogP contribution in [-0.4, -0.2) is 43.4 Å². The molecule has 0 radical (unpaired) electrons. The Kier molecular flexibility index (Phi) is 9.09. The first-order valence-corrected chi connectivity index (χ1v) is 9.81. The van der Waals surface area contributed by atoms with Crippen LogP contribution in [0.15, 0.2) is 29.3 Å². The molecule has 0 aromatic heterocycles. The van der Waals surface area contributed by atoms with Crippen LogP contribution in [0.25, 0.3) is 0 Å². The number of hydrogen-bond donors (Lipinski definition) is 3. The van der Waals surface area contributed by atoms with Crippen molar-refractivity contribution in [2.24, 2.45) is 10.7 Å². The van der Waals surface area contributed by atoms with Crippen molar-refractivity contribution in [2.75, 3.05) is 20.2 Å². The van der Waals surface area contributed by atoms with Crippen LogP contribution in [0.3, 0.4) is 0 Å². The molecule has 1 aromatic rings. The third-order valence-corrected chi connectivity index (χ3v) is 4.55. The Labute approximate surface area is 169 Å². The minimum Gasteiger partial charge on any atom is -0.497 e. The maximum atomic E-state index is 12.2. The normalized spacial score (nSPS) is 12.4. The van der Waals surface area contributed by atoms with Crippen molar-refractivity contribution in [3.8, 4) is 5.75 Å². The monoisotopic (exact) mass is 392 g/mol. The zero-order valence-corrected chi connectivity index (χ0v) is 18.1. The van der Waals surface area contributed by atoms with Crippen LogP contribution in [0, 0.1) is 0 Å². The van der Waals surface area contributed by atoms with E-state index in [0.717, 1.165) is 25.0 Å². The van der Waals surface area contributed by atoms with Crippen molar-refractivity contribution in [3.63, 3.8) is 0 Å². The standard InChI is InChI=1S/C21H36N4O3/c1-7-21(8-2,25-19(26)28-20(3,4)5)15-24-18(22)23-14-13-16-9-11-17(27-6)12-10-16/h9-12H,7-8,13-15H2,1-6H3,(H,25,26)(H3,22,23,24). The molecule has 158 valence electrons. The molecular weight excluding hydrogens is 356 g/mol. The van der Waals surface area contributed by atoms with Gasteiger partial charge in [-0.1, -0.05) is 26.0 Å². The van der Waals surface area contributed by atoms with Crippen molar-refractivity contribution >= 4 is 12.1 Å². The van der Waals surface area contributed by atoms with Gasteiger partial charge in [-0.25, -0.2) is 4.79 Å². The molecule has 1 rings (SSSR count). The molecule has 0 spiro atoms. The average Bonchev–Trinajstić information content (AvgIpc) is 2.64. The lowest BCUT2D eigenvalue weighted by atomic mass is 9.93. The Morgan fingerprint density at radius 3 is 2.25 bits per heavy atom. The molecular formula is C21H36N4O3. The Hall–Kier alpha value is -2.44. The lowest BCUT2D eigenvalue weighted by molar-refractivity contribution is 0.0452. The second-order valence-corrected chi connectivity index (χ2v) is 7.84. The number of amides is 1. The van der Waals surface area contributed by atoms with E-state index >= 15 is 0 Å². The van der Waals surface area contributed by atoms with Gasteiger partial charge in [0.2, 0.25) is 0 Å². The predicted octanol–water partition coefficient (Wildman–Crippen LogP) is 3.23. The molecule has 0 atom stereocenters. The third-order valence-electron chi connectivity index (χ3n) is 4.55. The molecule has 28 heavy (non-hydrogen) atoms. The Morgan fingerprint density at radius 1 is 1.14 bits per heavy atom. The molecule has 7 nitrogen and oxygen atoms in total. The van der Waals surface area contributed by atoms with Crippen molar-refractivity contribution in [2.45, 2.75) is 65.0 Å². The fourth-order valence-corrected chi connectivity index (χ4v) is 2.63. The fourth-order valence-electron chi connectivity index (χ4n) is 2.63. The van der Waals surface area contributed by atoms with Crippen molar-refractivity contribution in [1.82, 2.24) is 10.6 Å². The highest BCUT2D eigenvalue weighted by atomic mass is 16.6. The summed E-state index contributed by atoms with van der Waals surface area (Å²) in [5.41, 5.74) is 6.17. The largest absolute Gasteiger partial charge is 0.497 e. The molecule has 0 bridgehead atoms. The van der Waals surface area contributed by atoms with E-state index in [1.165, 1.54) is 5.56 Å². The van der Waals surface area contributed by atoms with Crippen LogP contribution in [0.4, 0.5) is 4.79 Å². The van der Waals surface area contributed by atoms with Gasteiger partial charge in [-0.15, -0.1) is 0 Å². The number of benzene rings is 1. The number of nitrogens with zero attached hydrogens (tertiary/aromatic N) is 1. The number of hydrogen-bond acceptors (Lipinski definition) is 4. The first kappa shape index (κ1) is 23.6. The number of nitrogens with one attached hydrogen (secondary N) is 2. The minimum absolute atomic E-state index is 0.366. The number of rotatable bonds is 9. The number of guanidine groups is 1. The third kappa shape index (κ3) is 8.50. The number of nitrogens with two attached hydrogens (primary N) is 1. The molecule has 0 heterocycles. The molecule has 0 saturated carbocycles.